The first-order valence-electron chi connectivity index (χ1n) is 6.53. The Bertz CT molecular complexity index is 503. The SMILES string of the molecule is CCn1nc(CN(C)CCNC)c2ccccc21. The van der Waals surface area contributed by atoms with Crippen molar-refractivity contribution >= 4 is 10.9 Å². The van der Waals surface area contributed by atoms with Gasteiger partial charge in [-0.15, -0.1) is 0 Å². The van der Waals surface area contributed by atoms with E-state index in [4.69, 9.17) is 5.10 Å². The van der Waals surface area contributed by atoms with Gasteiger partial charge in [-0.3, -0.25) is 9.58 Å². The maximum atomic E-state index is 4.71. The molecule has 1 N–H and O–H groups in total. The van der Waals surface area contributed by atoms with E-state index in [-0.39, 0.29) is 0 Å². The van der Waals surface area contributed by atoms with Crippen LogP contribution in [0.4, 0.5) is 0 Å². The molecule has 1 heterocycles. The smallest absolute Gasteiger partial charge is 0.0843 e. The Labute approximate surface area is 109 Å². The van der Waals surface area contributed by atoms with Crippen LogP contribution in [0.25, 0.3) is 10.9 Å². The maximum absolute atomic E-state index is 4.71. The van der Waals surface area contributed by atoms with E-state index in [2.05, 4.69) is 53.1 Å². The molecule has 98 valence electrons. The Morgan fingerprint density at radius 1 is 1.33 bits per heavy atom. The molecular weight excluding hydrogens is 224 g/mol. The molecule has 0 aliphatic carbocycles. The van der Waals surface area contributed by atoms with Crippen LogP contribution in [-0.4, -0.2) is 41.9 Å². The number of hydrogen-bond acceptors (Lipinski definition) is 3. The van der Waals surface area contributed by atoms with Crippen molar-refractivity contribution in [2.45, 2.75) is 20.0 Å². The first-order valence-corrected chi connectivity index (χ1v) is 6.53. The minimum absolute atomic E-state index is 0.898. The van der Waals surface area contributed by atoms with Crippen LogP contribution in [0.3, 0.4) is 0 Å². The number of benzene rings is 1. The average Bonchev–Trinajstić information content (AvgIpc) is 2.75. The number of fused-ring (bicyclic) bond motifs is 1. The molecular formula is C14H22N4. The zero-order valence-electron chi connectivity index (χ0n) is 11.5. The van der Waals surface area contributed by atoms with Gasteiger partial charge in [0.2, 0.25) is 0 Å². The fraction of sp³-hybridized carbons (Fsp3) is 0.500. The fourth-order valence-electron chi connectivity index (χ4n) is 2.19. The predicted molar refractivity (Wildman–Crippen MR) is 75.7 cm³/mol. The van der Waals surface area contributed by atoms with Crippen molar-refractivity contribution in [2.24, 2.45) is 0 Å². The van der Waals surface area contributed by atoms with Gasteiger partial charge in [0.1, 0.15) is 0 Å². The second-order valence-electron chi connectivity index (χ2n) is 4.62. The van der Waals surface area contributed by atoms with Gasteiger partial charge in [-0.05, 0) is 27.1 Å². The van der Waals surface area contributed by atoms with Crippen LogP contribution in [0, 0.1) is 0 Å². The number of aryl methyl sites for hydroxylation is 1. The van der Waals surface area contributed by atoms with E-state index < -0.39 is 0 Å². The lowest BCUT2D eigenvalue weighted by Gasteiger charge is -2.14. The second kappa shape index (κ2) is 5.98. The zero-order chi connectivity index (χ0) is 13.0. The van der Waals surface area contributed by atoms with Crippen LogP contribution < -0.4 is 5.32 Å². The molecule has 1 aromatic carbocycles. The number of nitrogens with zero attached hydrogens (tertiary/aromatic N) is 3. The van der Waals surface area contributed by atoms with Crippen LogP contribution in [-0.2, 0) is 13.1 Å². The molecule has 0 aliphatic rings. The highest BCUT2D eigenvalue weighted by atomic mass is 15.3. The second-order valence-corrected chi connectivity index (χ2v) is 4.62. The van der Waals surface area contributed by atoms with Crippen molar-refractivity contribution in [1.29, 1.82) is 0 Å². The first-order chi connectivity index (χ1) is 8.76. The lowest BCUT2D eigenvalue weighted by molar-refractivity contribution is 0.324. The molecule has 2 rings (SSSR count). The standard InChI is InChI=1S/C14H22N4/c1-4-18-14-8-6-5-7-12(14)13(16-18)11-17(3)10-9-15-2/h5-8,15H,4,9-11H2,1-3H3. The van der Waals surface area contributed by atoms with E-state index in [0.29, 0.717) is 0 Å². The lowest BCUT2D eigenvalue weighted by Crippen LogP contribution is -2.27. The molecule has 0 saturated heterocycles. The monoisotopic (exact) mass is 246 g/mol. The average molecular weight is 246 g/mol. The summed E-state index contributed by atoms with van der Waals surface area (Å²) in [4.78, 5) is 2.30. The highest BCUT2D eigenvalue weighted by Crippen LogP contribution is 2.19. The number of nitrogens with one attached hydrogen (secondary N) is 1. The van der Waals surface area contributed by atoms with Crippen LogP contribution in [0.2, 0.25) is 0 Å². The van der Waals surface area contributed by atoms with Gasteiger partial charge >= 0.3 is 0 Å². The molecule has 0 radical (unpaired) electrons. The third-order valence-electron chi connectivity index (χ3n) is 3.20. The molecule has 4 nitrogen and oxygen atoms in total. The minimum Gasteiger partial charge on any atom is -0.318 e. The van der Waals surface area contributed by atoms with Gasteiger partial charge < -0.3 is 5.32 Å². The summed E-state index contributed by atoms with van der Waals surface area (Å²) in [5, 5.41) is 9.15. The normalized spacial score (nSPS) is 11.6. The van der Waals surface area contributed by atoms with Crippen molar-refractivity contribution in [3.63, 3.8) is 0 Å². The van der Waals surface area contributed by atoms with Gasteiger partial charge in [0.25, 0.3) is 0 Å². The van der Waals surface area contributed by atoms with E-state index in [1.165, 1.54) is 16.6 Å². The van der Waals surface area contributed by atoms with Crippen LogP contribution in [0.1, 0.15) is 12.6 Å². The summed E-state index contributed by atoms with van der Waals surface area (Å²) in [7, 11) is 4.12. The number of likely N-dealkylation sites (N-methyl/N-ethyl adjacent to an activating group) is 2. The van der Waals surface area contributed by atoms with Gasteiger partial charge in [0.15, 0.2) is 0 Å². The summed E-state index contributed by atoms with van der Waals surface area (Å²) in [5.41, 5.74) is 2.41. The molecule has 4 heteroatoms. The predicted octanol–water partition coefficient (Wildman–Crippen LogP) is 1.71. The van der Waals surface area contributed by atoms with E-state index in [0.717, 1.165) is 26.2 Å². The molecule has 0 aliphatic heterocycles. The van der Waals surface area contributed by atoms with Crippen LogP contribution >= 0.6 is 0 Å². The summed E-state index contributed by atoms with van der Waals surface area (Å²) in [6.07, 6.45) is 0. The van der Waals surface area contributed by atoms with E-state index in [9.17, 15) is 0 Å². The summed E-state index contributed by atoms with van der Waals surface area (Å²) in [6.45, 7) is 5.98. The molecule has 0 spiro atoms. The quantitative estimate of drug-likeness (QED) is 0.842. The first kappa shape index (κ1) is 13.1. The van der Waals surface area contributed by atoms with E-state index in [1.54, 1.807) is 0 Å². The Kier molecular flexibility index (Phi) is 4.33. The van der Waals surface area contributed by atoms with Crippen LogP contribution in [0.15, 0.2) is 24.3 Å². The Morgan fingerprint density at radius 2 is 2.11 bits per heavy atom. The lowest BCUT2D eigenvalue weighted by atomic mass is 10.2. The number of rotatable bonds is 6. The van der Waals surface area contributed by atoms with Crippen molar-refractivity contribution in [1.82, 2.24) is 20.0 Å². The molecule has 18 heavy (non-hydrogen) atoms. The van der Waals surface area contributed by atoms with Crippen molar-refractivity contribution in [3.05, 3.63) is 30.0 Å². The highest BCUT2D eigenvalue weighted by Gasteiger charge is 2.10. The Balaban J connectivity index is 2.22. The molecule has 0 amide bonds. The van der Waals surface area contributed by atoms with Gasteiger partial charge in [-0.2, -0.15) is 5.10 Å². The van der Waals surface area contributed by atoms with Gasteiger partial charge in [-0.1, -0.05) is 18.2 Å². The number of aromatic nitrogens is 2. The summed E-state index contributed by atoms with van der Waals surface area (Å²) in [6, 6.07) is 8.46. The molecule has 2 aromatic rings. The third-order valence-corrected chi connectivity index (χ3v) is 3.20. The summed E-state index contributed by atoms with van der Waals surface area (Å²) < 4.78 is 2.08. The molecule has 0 fully saturated rings. The molecule has 0 unspecified atom stereocenters. The van der Waals surface area contributed by atoms with Gasteiger partial charge in [-0.25, -0.2) is 0 Å². The van der Waals surface area contributed by atoms with E-state index in [1.807, 2.05) is 7.05 Å². The number of para-hydroxylation sites is 1. The third kappa shape index (κ3) is 2.71. The zero-order valence-corrected chi connectivity index (χ0v) is 11.5. The molecule has 0 atom stereocenters. The van der Waals surface area contributed by atoms with Crippen molar-refractivity contribution in [3.8, 4) is 0 Å². The van der Waals surface area contributed by atoms with E-state index >= 15 is 0 Å². The summed E-state index contributed by atoms with van der Waals surface area (Å²) in [5.74, 6) is 0. The Hall–Kier alpha value is -1.39. The molecule has 0 saturated carbocycles. The minimum atomic E-state index is 0.898. The van der Waals surface area contributed by atoms with Crippen molar-refractivity contribution < 1.29 is 0 Å². The van der Waals surface area contributed by atoms with Gasteiger partial charge in [0.05, 0.1) is 11.2 Å². The van der Waals surface area contributed by atoms with Crippen molar-refractivity contribution in [2.75, 3.05) is 27.2 Å². The summed E-state index contributed by atoms with van der Waals surface area (Å²) >= 11 is 0. The fourth-order valence-corrected chi connectivity index (χ4v) is 2.19. The Morgan fingerprint density at radius 3 is 2.83 bits per heavy atom. The molecule has 0 bridgehead atoms. The molecule has 1 aromatic heterocycles. The van der Waals surface area contributed by atoms with Crippen LogP contribution in [0.5, 0.6) is 0 Å². The largest absolute Gasteiger partial charge is 0.318 e. The van der Waals surface area contributed by atoms with Gasteiger partial charge in [0, 0.05) is 31.6 Å². The topological polar surface area (TPSA) is 33.1 Å². The maximum Gasteiger partial charge on any atom is 0.0843 e. The highest BCUT2D eigenvalue weighted by molar-refractivity contribution is 5.81. The number of hydrogen-bond donors (Lipinski definition) is 1.